The van der Waals surface area contributed by atoms with E-state index in [1.54, 1.807) is 6.08 Å². The summed E-state index contributed by atoms with van der Waals surface area (Å²) in [6, 6.07) is 3.30. The molecule has 2 aliphatic rings. The first-order valence-electron chi connectivity index (χ1n) is 7.33. The van der Waals surface area contributed by atoms with Crippen LogP contribution in [-0.4, -0.2) is 47.8 Å². The van der Waals surface area contributed by atoms with Gasteiger partial charge in [0.05, 0.1) is 16.7 Å². The van der Waals surface area contributed by atoms with Crippen molar-refractivity contribution in [2.45, 2.75) is 12.5 Å². The van der Waals surface area contributed by atoms with Crippen molar-refractivity contribution in [3.63, 3.8) is 0 Å². The van der Waals surface area contributed by atoms with Crippen LogP contribution in [0.3, 0.4) is 0 Å². The van der Waals surface area contributed by atoms with Gasteiger partial charge >= 0.3 is 0 Å². The fourth-order valence-electron chi connectivity index (χ4n) is 2.35. The van der Waals surface area contributed by atoms with Crippen LogP contribution in [0.2, 0.25) is 0 Å². The zero-order valence-corrected chi connectivity index (χ0v) is 16.1. The molecule has 0 bridgehead atoms. The van der Waals surface area contributed by atoms with Crippen LogP contribution in [-0.2, 0) is 19.4 Å². The maximum atomic E-state index is 12.4. The SMILES string of the molecule is O=C(CCN1C(=O)/C(=C\c2cccs2)SC1=S)N[C@H]1C=CS(=O)(=O)C1. The Kier molecular flexibility index (Phi) is 5.42. The van der Waals surface area contributed by atoms with Gasteiger partial charge in [0, 0.05) is 23.3 Å². The van der Waals surface area contributed by atoms with Crippen molar-refractivity contribution in [2.75, 3.05) is 12.3 Å². The Bertz CT molecular complexity index is 871. The molecule has 10 heteroatoms. The van der Waals surface area contributed by atoms with Gasteiger partial charge in [0.1, 0.15) is 4.32 Å². The van der Waals surface area contributed by atoms with Crippen LogP contribution in [0, 0.1) is 0 Å². The van der Waals surface area contributed by atoms with E-state index in [4.69, 9.17) is 12.2 Å². The van der Waals surface area contributed by atoms with Crippen LogP contribution in [0.1, 0.15) is 11.3 Å². The first kappa shape index (κ1) is 18.3. The number of sulfone groups is 1. The molecule has 2 aliphatic heterocycles. The number of carbonyl (C=O) groups excluding carboxylic acids is 2. The largest absolute Gasteiger partial charge is 0.349 e. The van der Waals surface area contributed by atoms with Crippen molar-refractivity contribution in [2.24, 2.45) is 0 Å². The molecule has 0 aliphatic carbocycles. The topological polar surface area (TPSA) is 83.6 Å². The number of hydrogen-bond acceptors (Lipinski definition) is 7. The summed E-state index contributed by atoms with van der Waals surface area (Å²) in [5.41, 5.74) is 0. The van der Waals surface area contributed by atoms with E-state index >= 15 is 0 Å². The molecule has 6 nitrogen and oxygen atoms in total. The zero-order valence-electron chi connectivity index (χ0n) is 12.9. The molecule has 1 aromatic rings. The highest BCUT2D eigenvalue weighted by molar-refractivity contribution is 8.26. The Labute approximate surface area is 158 Å². The average molecular weight is 415 g/mol. The zero-order chi connectivity index (χ0) is 18.0. The minimum Gasteiger partial charge on any atom is -0.349 e. The van der Waals surface area contributed by atoms with Gasteiger partial charge in [-0.2, -0.15) is 0 Å². The molecule has 1 aromatic heterocycles. The van der Waals surface area contributed by atoms with E-state index in [9.17, 15) is 18.0 Å². The quantitative estimate of drug-likeness (QED) is 0.584. The van der Waals surface area contributed by atoms with Crippen LogP contribution >= 0.6 is 35.3 Å². The average Bonchev–Trinajstić information content (AvgIpc) is 3.21. The monoisotopic (exact) mass is 414 g/mol. The number of nitrogens with one attached hydrogen (secondary N) is 1. The van der Waals surface area contributed by atoms with Crippen molar-refractivity contribution in [1.29, 1.82) is 0 Å². The Morgan fingerprint density at radius 2 is 2.28 bits per heavy atom. The predicted molar refractivity (Wildman–Crippen MR) is 104 cm³/mol. The second-order valence-corrected chi connectivity index (χ2v) is 10.0. The van der Waals surface area contributed by atoms with E-state index < -0.39 is 15.9 Å². The van der Waals surface area contributed by atoms with E-state index in [1.165, 1.54) is 34.1 Å². The van der Waals surface area contributed by atoms with Crippen molar-refractivity contribution in [3.05, 3.63) is 38.8 Å². The first-order chi connectivity index (χ1) is 11.8. The van der Waals surface area contributed by atoms with Crippen molar-refractivity contribution < 1.29 is 18.0 Å². The number of hydrogen-bond donors (Lipinski definition) is 1. The number of amides is 2. The van der Waals surface area contributed by atoms with Gasteiger partial charge in [0.25, 0.3) is 5.91 Å². The van der Waals surface area contributed by atoms with Crippen molar-refractivity contribution in [3.8, 4) is 0 Å². The molecule has 1 N–H and O–H groups in total. The summed E-state index contributed by atoms with van der Waals surface area (Å²) in [5, 5.41) is 5.66. The van der Waals surface area contributed by atoms with Gasteiger partial charge in [0.15, 0.2) is 9.84 Å². The number of thiocarbonyl (C=S) groups is 1. The Hall–Kier alpha value is -1.49. The lowest BCUT2D eigenvalue weighted by molar-refractivity contribution is -0.124. The third kappa shape index (κ3) is 4.57. The molecule has 2 amide bonds. The summed E-state index contributed by atoms with van der Waals surface area (Å²) in [5.74, 6) is -0.647. The second kappa shape index (κ2) is 7.40. The van der Waals surface area contributed by atoms with E-state index in [1.807, 2.05) is 17.5 Å². The van der Waals surface area contributed by atoms with Gasteiger partial charge < -0.3 is 5.32 Å². The molecule has 132 valence electrons. The molecular formula is C15H14N2O4S4. The van der Waals surface area contributed by atoms with E-state index in [0.717, 1.165) is 10.3 Å². The molecule has 0 radical (unpaired) electrons. The van der Waals surface area contributed by atoms with Crippen LogP contribution in [0.5, 0.6) is 0 Å². The molecule has 3 heterocycles. The number of carbonyl (C=O) groups is 2. The Balaban J connectivity index is 1.54. The number of rotatable bonds is 5. The van der Waals surface area contributed by atoms with Crippen molar-refractivity contribution in [1.82, 2.24) is 10.2 Å². The molecule has 0 unspecified atom stereocenters. The number of thiophene rings is 1. The van der Waals surface area contributed by atoms with Gasteiger partial charge in [0.2, 0.25) is 5.91 Å². The fraction of sp³-hybridized carbons (Fsp3) is 0.267. The van der Waals surface area contributed by atoms with Gasteiger partial charge in [-0.25, -0.2) is 8.42 Å². The highest BCUT2D eigenvalue weighted by atomic mass is 32.2. The van der Waals surface area contributed by atoms with Crippen LogP contribution in [0.4, 0.5) is 0 Å². The second-order valence-electron chi connectivity index (χ2n) is 5.43. The highest BCUT2D eigenvalue weighted by Crippen LogP contribution is 2.33. The summed E-state index contributed by atoms with van der Waals surface area (Å²) in [6.07, 6.45) is 3.30. The van der Waals surface area contributed by atoms with Gasteiger partial charge in [-0.1, -0.05) is 30.0 Å². The summed E-state index contributed by atoms with van der Waals surface area (Å²) in [7, 11) is -3.21. The number of nitrogens with zero attached hydrogens (tertiary/aromatic N) is 1. The smallest absolute Gasteiger partial charge is 0.266 e. The lowest BCUT2D eigenvalue weighted by Gasteiger charge is -2.15. The Morgan fingerprint density at radius 3 is 2.92 bits per heavy atom. The summed E-state index contributed by atoms with van der Waals surface area (Å²) in [4.78, 5) is 27.3. The van der Waals surface area contributed by atoms with E-state index in [2.05, 4.69) is 5.32 Å². The van der Waals surface area contributed by atoms with Crippen LogP contribution in [0.15, 0.2) is 33.9 Å². The van der Waals surface area contributed by atoms with Gasteiger partial charge in [-0.15, -0.1) is 11.3 Å². The maximum absolute atomic E-state index is 12.4. The third-order valence-electron chi connectivity index (χ3n) is 3.53. The minimum absolute atomic E-state index is 0.0586. The van der Waals surface area contributed by atoms with Gasteiger partial charge in [-0.05, 0) is 23.6 Å². The Morgan fingerprint density at radius 1 is 1.48 bits per heavy atom. The van der Waals surface area contributed by atoms with Gasteiger partial charge in [-0.3, -0.25) is 14.5 Å². The standard InChI is InChI=1S/C15H14N2O4S4/c18-13(16-10-4-7-25(20,21)9-10)3-5-17-14(19)12(24-15(17)22)8-11-2-1-6-23-11/h1-2,4,6-8,10H,3,5,9H2,(H,16,18)/b12-8+/t10-/m0/s1. The molecule has 0 aromatic carbocycles. The number of thioether (sulfide) groups is 1. The molecule has 1 saturated heterocycles. The summed E-state index contributed by atoms with van der Waals surface area (Å²) in [6.45, 7) is 0.168. The van der Waals surface area contributed by atoms with Crippen molar-refractivity contribution >= 4 is 67.4 Å². The van der Waals surface area contributed by atoms with E-state index in [0.29, 0.717) is 9.23 Å². The maximum Gasteiger partial charge on any atom is 0.266 e. The molecule has 1 fully saturated rings. The highest BCUT2D eigenvalue weighted by Gasteiger charge is 2.32. The first-order valence-corrected chi connectivity index (χ1v) is 11.2. The summed E-state index contributed by atoms with van der Waals surface area (Å²) >= 11 is 7.97. The summed E-state index contributed by atoms with van der Waals surface area (Å²) < 4.78 is 23.1. The molecule has 1 atom stereocenters. The predicted octanol–water partition coefficient (Wildman–Crippen LogP) is 1.77. The third-order valence-corrected chi connectivity index (χ3v) is 7.12. The van der Waals surface area contributed by atoms with Crippen LogP contribution in [0.25, 0.3) is 6.08 Å². The molecule has 0 spiro atoms. The minimum atomic E-state index is -3.21. The fourth-order valence-corrected chi connectivity index (χ4v) is 5.62. The molecule has 3 rings (SSSR count). The molecule has 0 saturated carbocycles. The normalized spacial score (nSPS) is 23.6. The lowest BCUT2D eigenvalue weighted by Crippen LogP contribution is -2.38. The lowest BCUT2D eigenvalue weighted by atomic mass is 10.3. The molecule has 25 heavy (non-hydrogen) atoms. The molecular weight excluding hydrogens is 400 g/mol. The van der Waals surface area contributed by atoms with E-state index in [-0.39, 0.29) is 30.5 Å². The van der Waals surface area contributed by atoms with Crippen LogP contribution < -0.4 is 5.32 Å².